The Labute approximate surface area is 136 Å². The third-order valence-electron chi connectivity index (χ3n) is 3.23. The molecule has 0 amide bonds. The van der Waals surface area contributed by atoms with Crippen molar-refractivity contribution in [2.75, 3.05) is 5.32 Å². The molecule has 0 saturated carbocycles. The van der Waals surface area contributed by atoms with E-state index >= 15 is 0 Å². The molecule has 0 spiro atoms. The molecule has 0 aliphatic rings. The van der Waals surface area contributed by atoms with E-state index in [0.717, 1.165) is 15.7 Å². The van der Waals surface area contributed by atoms with E-state index < -0.39 is 0 Å². The Kier molecular flexibility index (Phi) is 4.85. The zero-order chi connectivity index (χ0) is 15.6. The number of hydrogen-bond acceptors (Lipinski definition) is 3. The zero-order valence-electron chi connectivity index (χ0n) is 11.6. The van der Waals surface area contributed by atoms with Crippen molar-refractivity contribution in [3.63, 3.8) is 0 Å². The first-order valence-electron chi connectivity index (χ1n) is 6.35. The highest BCUT2D eigenvalue weighted by atomic mass is 79.9. The van der Waals surface area contributed by atoms with Crippen LogP contribution >= 0.6 is 27.5 Å². The second-order valence-electron chi connectivity index (χ2n) is 4.79. The Hall–Kier alpha value is -1.59. The van der Waals surface area contributed by atoms with Gasteiger partial charge >= 0.3 is 0 Å². The van der Waals surface area contributed by atoms with Crippen molar-refractivity contribution >= 4 is 38.9 Å². The summed E-state index contributed by atoms with van der Waals surface area (Å²) in [6.07, 6.45) is 0. The molecule has 110 valence electrons. The van der Waals surface area contributed by atoms with Crippen LogP contribution in [0.2, 0.25) is 5.02 Å². The highest BCUT2D eigenvalue weighted by molar-refractivity contribution is 9.10. The number of nitrogens with zero attached hydrogens (tertiary/aromatic N) is 1. The van der Waals surface area contributed by atoms with Crippen LogP contribution < -0.4 is 5.32 Å². The van der Waals surface area contributed by atoms with E-state index in [4.69, 9.17) is 11.6 Å². The molecule has 0 radical (unpaired) electrons. The van der Waals surface area contributed by atoms with Crippen LogP contribution in [-0.4, -0.2) is 4.92 Å². The first kappa shape index (κ1) is 15.8. The number of nitrogens with one attached hydrogen (secondary N) is 1. The molecule has 0 saturated heterocycles. The van der Waals surface area contributed by atoms with Crippen LogP contribution in [-0.2, 0) is 0 Å². The topological polar surface area (TPSA) is 55.2 Å². The smallest absolute Gasteiger partial charge is 0.272 e. The van der Waals surface area contributed by atoms with Crippen LogP contribution in [0.4, 0.5) is 11.4 Å². The lowest BCUT2D eigenvalue weighted by atomic mass is 10.0. The van der Waals surface area contributed by atoms with Gasteiger partial charge in [-0.05, 0) is 53.5 Å². The molecular formula is C15H14BrClN2O2. The molecule has 1 unspecified atom stereocenters. The van der Waals surface area contributed by atoms with Crippen molar-refractivity contribution in [3.8, 4) is 0 Å². The molecule has 6 heteroatoms. The Morgan fingerprint density at radius 2 is 2.00 bits per heavy atom. The summed E-state index contributed by atoms with van der Waals surface area (Å²) in [7, 11) is 0. The number of hydrogen-bond donors (Lipinski definition) is 1. The van der Waals surface area contributed by atoms with E-state index in [-0.39, 0.29) is 16.7 Å². The molecule has 4 nitrogen and oxygen atoms in total. The van der Waals surface area contributed by atoms with Crippen molar-refractivity contribution in [1.82, 2.24) is 0 Å². The molecule has 0 fully saturated rings. The highest BCUT2D eigenvalue weighted by Crippen LogP contribution is 2.30. The normalized spacial score (nSPS) is 12.0. The fourth-order valence-electron chi connectivity index (χ4n) is 2.02. The minimum absolute atomic E-state index is 0.0678. The van der Waals surface area contributed by atoms with Gasteiger partial charge in [-0.25, -0.2) is 0 Å². The monoisotopic (exact) mass is 368 g/mol. The third-order valence-corrected chi connectivity index (χ3v) is 4.12. The van der Waals surface area contributed by atoms with Gasteiger partial charge in [-0.2, -0.15) is 0 Å². The standard InChI is InChI=1S/C15H14BrClN2O2/c1-9-3-4-11(7-15(9)19(20)21)10(2)18-14-6-5-12(17)8-13(14)16/h3-8,10,18H,1-2H3. The van der Waals surface area contributed by atoms with E-state index in [1.54, 1.807) is 31.2 Å². The summed E-state index contributed by atoms with van der Waals surface area (Å²) in [5, 5.41) is 15.0. The molecule has 0 aliphatic carbocycles. The lowest BCUT2D eigenvalue weighted by Crippen LogP contribution is -2.08. The van der Waals surface area contributed by atoms with E-state index in [1.807, 2.05) is 19.1 Å². The molecular weight excluding hydrogens is 356 g/mol. The van der Waals surface area contributed by atoms with Crippen LogP contribution in [0.1, 0.15) is 24.1 Å². The molecule has 0 aromatic heterocycles. The van der Waals surface area contributed by atoms with Crippen LogP contribution in [0, 0.1) is 17.0 Å². The molecule has 1 N–H and O–H groups in total. The van der Waals surface area contributed by atoms with Gasteiger partial charge in [0.15, 0.2) is 0 Å². The molecule has 2 aromatic carbocycles. The van der Waals surface area contributed by atoms with Crippen LogP contribution in [0.5, 0.6) is 0 Å². The number of benzene rings is 2. The summed E-state index contributed by atoms with van der Waals surface area (Å²) in [6, 6.07) is 10.7. The summed E-state index contributed by atoms with van der Waals surface area (Å²) in [5.74, 6) is 0. The lowest BCUT2D eigenvalue weighted by molar-refractivity contribution is -0.385. The maximum atomic E-state index is 11.0. The Morgan fingerprint density at radius 1 is 1.29 bits per heavy atom. The van der Waals surface area contributed by atoms with E-state index in [9.17, 15) is 10.1 Å². The second kappa shape index (κ2) is 6.45. The van der Waals surface area contributed by atoms with Gasteiger partial charge in [-0.3, -0.25) is 10.1 Å². The third kappa shape index (κ3) is 3.74. The summed E-state index contributed by atoms with van der Waals surface area (Å²) >= 11 is 9.35. The number of nitro benzene ring substituents is 1. The SMILES string of the molecule is Cc1ccc(C(C)Nc2ccc(Cl)cc2Br)cc1[N+](=O)[O-]. The van der Waals surface area contributed by atoms with Crippen molar-refractivity contribution in [2.45, 2.75) is 19.9 Å². The molecule has 0 aliphatic heterocycles. The van der Waals surface area contributed by atoms with Crippen molar-refractivity contribution in [1.29, 1.82) is 0 Å². The maximum Gasteiger partial charge on any atom is 0.272 e. The molecule has 0 heterocycles. The Bertz CT molecular complexity index is 691. The number of aryl methyl sites for hydroxylation is 1. The fraction of sp³-hybridized carbons (Fsp3) is 0.200. The minimum Gasteiger partial charge on any atom is -0.378 e. The predicted molar refractivity (Wildman–Crippen MR) is 89.0 cm³/mol. The first-order valence-corrected chi connectivity index (χ1v) is 7.52. The van der Waals surface area contributed by atoms with Crippen molar-refractivity contribution in [2.24, 2.45) is 0 Å². The van der Waals surface area contributed by atoms with Crippen molar-refractivity contribution in [3.05, 3.63) is 67.1 Å². The van der Waals surface area contributed by atoms with Crippen LogP contribution in [0.3, 0.4) is 0 Å². The van der Waals surface area contributed by atoms with Crippen LogP contribution in [0.15, 0.2) is 40.9 Å². The largest absolute Gasteiger partial charge is 0.378 e. The van der Waals surface area contributed by atoms with Gasteiger partial charge in [-0.1, -0.05) is 23.7 Å². The van der Waals surface area contributed by atoms with Gasteiger partial charge in [0.25, 0.3) is 5.69 Å². The lowest BCUT2D eigenvalue weighted by Gasteiger charge is -2.17. The fourth-order valence-corrected chi connectivity index (χ4v) is 2.81. The molecule has 21 heavy (non-hydrogen) atoms. The molecule has 2 rings (SSSR count). The predicted octanol–water partition coefficient (Wildman–Crippen LogP) is 5.49. The average molecular weight is 370 g/mol. The number of halogens is 2. The van der Waals surface area contributed by atoms with Gasteiger partial charge in [0.1, 0.15) is 0 Å². The average Bonchev–Trinajstić information content (AvgIpc) is 2.42. The quantitative estimate of drug-likeness (QED) is 0.572. The van der Waals surface area contributed by atoms with Crippen LogP contribution in [0.25, 0.3) is 0 Å². The Balaban J connectivity index is 2.26. The van der Waals surface area contributed by atoms with E-state index in [0.29, 0.717) is 10.6 Å². The highest BCUT2D eigenvalue weighted by Gasteiger charge is 2.15. The second-order valence-corrected chi connectivity index (χ2v) is 6.08. The number of rotatable bonds is 4. The van der Waals surface area contributed by atoms with E-state index in [1.165, 1.54) is 0 Å². The van der Waals surface area contributed by atoms with Gasteiger partial charge in [0.2, 0.25) is 0 Å². The summed E-state index contributed by atoms with van der Waals surface area (Å²) in [6.45, 7) is 3.69. The maximum absolute atomic E-state index is 11.0. The van der Waals surface area contributed by atoms with Gasteiger partial charge < -0.3 is 5.32 Å². The summed E-state index contributed by atoms with van der Waals surface area (Å²) in [5.41, 5.74) is 2.53. The van der Waals surface area contributed by atoms with Crippen molar-refractivity contribution < 1.29 is 4.92 Å². The summed E-state index contributed by atoms with van der Waals surface area (Å²) < 4.78 is 0.850. The molecule has 2 aromatic rings. The zero-order valence-corrected chi connectivity index (χ0v) is 13.9. The van der Waals surface area contributed by atoms with Gasteiger partial charge in [0, 0.05) is 32.9 Å². The van der Waals surface area contributed by atoms with Gasteiger partial charge in [-0.15, -0.1) is 0 Å². The minimum atomic E-state index is -0.357. The Morgan fingerprint density at radius 3 is 2.62 bits per heavy atom. The molecule has 1 atom stereocenters. The molecule has 0 bridgehead atoms. The number of nitro groups is 1. The first-order chi connectivity index (χ1) is 9.88. The van der Waals surface area contributed by atoms with E-state index in [2.05, 4.69) is 21.2 Å². The number of anilines is 1. The van der Waals surface area contributed by atoms with Gasteiger partial charge in [0.05, 0.1) is 4.92 Å². The summed E-state index contributed by atoms with van der Waals surface area (Å²) in [4.78, 5) is 10.7.